The van der Waals surface area contributed by atoms with Crippen molar-refractivity contribution in [3.63, 3.8) is 0 Å². The minimum Gasteiger partial charge on any atom is -0.402 e. The van der Waals surface area contributed by atoms with E-state index in [0.29, 0.717) is 24.3 Å². The molecule has 0 aliphatic carbocycles. The van der Waals surface area contributed by atoms with Gasteiger partial charge in [0.05, 0.1) is 28.5 Å². The second kappa shape index (κ2) is 10.8. The zero-order chi connectivity index (χ0) is 23.3. The molecule has 0 saturated heterocycles. The van der Waals surface area contributed by atoms with Crippen LogP contribution >= 0.6 is 0 Å². The van der Waals surface area contributed by atoms with Gasteiger partial charge >= 0.3 is 0 Å². The van der Waals surface area contributed by atoms with Crippen molar-refractivity contribution < 1.29 is 0 Å². The summed E-state index contributed by atoms with van der Waals surface area (Å²) in [5.74, 6) is 1.10. The predicted molar refractivity (Wildman–Crippen MR) is 129 cm³/mol. The number of rotatable bonds is 10. The zero-order valence-corrected chi connectivity index (χ0v) is 20.8. The first kappa shape index (κ1) is 24.9. The van der Waals surface area contributed by atoms with Gasteiger partial charge in [0.15, 0.2) is 0 Å². The van der Waals surface area contributed by atoms with Gasteiger partial charge in [-0.25, -0.2) is 0 Å². The van der Waals surface area contributed by atoms with Gasteiger partial charge in [0.2, 0.25) is 0 Å². The van der Waals surface area contributed by atoms with E-state index in [1.54, 1.807) is 0 Å². The molecule has 0 saturated carbocycles. The van der Waals surface area contributed by atoms with Crippen LogP contribution in [0.15, 0.2) is 28.9 Å². The molecule has 2 heterocycles. The third-order valence-electron chi connectivity index (χ3n) is 5.62. The molecule has 2 aromatic heterocycles. The highest BCUT2D eigenvalue weighted by atomic mass is 15.3. The van der Waals surface area contributed by atoms with E-state index in [1.807, 2.05) is 36.6 Å². The fourth-order valence-electron chi connectivity index (χ4n) is 3.32. The van der Waals surface area contributed by atoms with E-state index in [1.165, 1.54) is 11.4 Å². The molecule has 0 unspecified atom stereocenters. The monoisotopic (exact) mass is 427 g/mol. The summed E-state index contributed by atoms with van der Waals surface area (Å²) in [6, 6.07) is 4.42. The molecule has 2 rings (SSSR count). The smallest absolute Gasteiger partial charge is 0.0653 e. The van der Waals surface area contributed by atoms with Crippen LogP contribution in [0.3, 0.4) is 0 Å². The SMILES string of the molecule is CN=C(/C=C(\N)C(C)C)CN(Cc1cc(C(C)C)nn1C)Cc1cc(C(C)C)nn1C. The van der Waals surface area contributed by atoms with Crippen molar-refractivity contribution >= 4 is 5.71 Å². The summed E-state index contributed by atoms with van der Waals surface area (Å²) < 4.78 is 3.98. The molecular formula is C24H41N7. The quantitative estimate of drug-likeness (QED) is 0.582. The highest BCUT2D eigenvalue weighted by molar-refractivity contribution is 5.97. The van der Waals surface area contributed by atoms with Crippen LogP contribution in [0.1, 0.15) is 76.2 Å². The summed E-state index contributed by atoms with van der Waals surface area (Å²) in [4.78, 5) is 6.90. The molecular weight excluding hydrogens is 386 g/mol. The number of aryl methyl sites for hydroxylation is 2. The summed E-state index contributed by atoms with van der Waals surface area (Å²) in [6.07, 6.45) is 2.02. The minimum atomic E-state index is 0.293. The van der Waals surface area contributed by atoms with E-state index in [0.717, 1.165) is 35.9 Å². The Labute approximate surface area is 188 Å². The molecule has 0 aromatic carbocycles. The summed E-state index contributed by atoms with van der Waals surface area (Å²) >= 11 is 0. The summed E-state index contributed by atoms with van der Waals surface area (Å²) in [7, 11) is 5.87. The summed E-state index contributed by atoms with van der Waals surface area (Å²) in [5.41, 5.74) is 12.7. The average Bonchev–Trinajstić information content (AvgIpc) is 3.24. The molecule has 0 aliphatic rings. The maximum atomic E-state index is 6.23. The van der Waals surface area contributed by atoms with Crippen molar-refractivity contribution in [2.24, 2.45) is 30.7 Å². The number of aliphatic imine (C=N–C) groups is 1. The van der Waals surface area contributed by atoms with Crippen molar-refractivity contribution in [2.75, 3.05) is 13.6 Å². The molecule has 0 spiro atoms. The number of nitrogens with two attached hydrogens (primary N) is 1. The lowest BCUT2D eigenvalue weighted by Gasteiger charge is -2.23. The Bertz CT molecular complexity index is 858. The summed E-state index contributed by atoms with van der Waals surface area (Å²) in [5, 5.41) is 9.39. The molecule has 0 bridgehead atoms. The van der Waals surface area contributed by atoms with Crippen LogP contribution in [0.4, 0.5) is 0 Å². The maximum Gasteiger partial charge on any atom is 0.0653 e. The second-order valence-corrected chi connectivity index (χ2v) is 9.34. The first-order valence-electron chi connectivity index (χ1n) is 11.2. The number of allylic oxidation sites excluding steroid dienone is 1. The third-order valence-corrected chi connectivity index (χ3v) is 5.62. The standard InChI is InChI=1S/C24H41N7/c1-16(2)22(25)10-19(26-7)13-31(14-20-11-23(17(3)4)27-29(20)8)15-21-12-24(18(5)6)28-30(21)9/h10-12,16-18H,13-15,25H2,1-9H3/b22-10-,26-19?. The Kier molecular flexibility index (Phi) is 8.62. The molecule has 0 atom stereocenters. The van der Waals surface area contributed by atoms with Gasteiger partial charge in [0.1, 0.15) is 0 Å². The Morgan fingerprint density at radius 2 is 1.42 bits per heavy atom. The van der Waals surface area contributed by atoms with Gasteiger partial charge in [-0.1, -0.05) is 41.5 Å². The molecule has 0 radical (unpaired) electrons. The van der Waals surface area contributed by atoms with Crippen LogP contribution in [0, 0.1) is 5.92 Å². The van der Waals surface area contributed by atoms with Crippen LogP contribution in [0.25, 0.3) is 0 Å². The van der Waals surface area contributed by atoms with E-state index in [2.05, 4.69) is 63.6 Å². The maximum absolute atomic E-state index is 6.23. The second-order valence-electron chi connectivity index (χ2n) is 9.34. The first-order valence-corrected chi connectivity index (χ1v) is 11.2. The van der Waals surface area contributed by atoms with Gasteiger partial charge in [-0.3, -0.25) is 19.3 Å². The molecule has 2 aromatic rings. The van der Waals surface area contributed by atoms with Gasteiger partial charge in [-0.05, 0) is 36.0 Å². The third kappa shape index (κ3) is 6.79. The summed E-state index contributed by atoms with van der Waals surface area (Å²) in [6.45, 7) is 15.1. The van der Waals surface area contributed by atoms with Gasteiger partial charge < -0.3 is 5.73 Å². The molecule has 31 heavy (non-hydrogen) atoms. The molecule has 0 fully saturated rings. The van der Waals surface area contributed by atoms with Crippen LogP contribution < -0.4 is 5.73 Å². The molecule has 2 N–H and O–H groups in total. The van der Waals surface area contributed by atoms with Crippen LogP contribution in [0.2, 0.25) is 0 Å². The Morgan fingerprint density at radius 1 is 0.968 bits per heavy atom. The Balaban J connectivity index is 2.33. The normalized spacial score (nSPS) is 13.5. The number of aromatic nitrogens is 4. The average molecular weight is 428 g/mol. The van der Waals surface area contributed by atoms with Crippen LogP contribution in [0.5, 0.6) is 0 Å². The predicted octanol–water partition coefficient (Wildman–Crippen LogP) is 3.97. The molecule has 0 aliphatic heterocycles. The highest BCUT2D eigenvalue weighted by Crippen LogP contribution is 2.19. The number of hydrogen-bond acceptors (Lipinski definition) is 5. The lowest BCUT2D eigenvalue weighted by molar-refractivity contribution is 0.278. The van der Waals surface area contributed by atoms with Crippen LogP contribution in [-0.2, 0) is 27.2 Å². The topological polar surface area (TPSA) is 77.3 Å². The van der Waals surface area contributed by atoms with Crippen molar-refractivity contribution in [2.45, 2.75) is 66.5 Å². The van der Waals surface area contributed by atoms with Crippen molar-refractivity contribution in [1.29, 1.82) is 0 Å². The van der Waals surface area contributed by atoms with Crippen molar-refractivity contribution in [1.82, 2.24) is 24.5 Å². The molecule has 172 valence electrons. The number of hydrogen-bond donors (Lipinski definition) is 1. The fourth-order valence-corrected chi connectivity index (χ4v) is 3.32. The van der Waals surface area contributed by atoms with Gasteiger partial charge in [-0.2, -0.15) is 10.2 Å². The Hall–Kier alpha value is -2.41. The Morgan fingerprint density at radius 3 is 1.74 bits per heavy atom. The highest BCUT2D eigenvalue weighted by Gasteiger charge is 2.17. The molecule has 7 nitrogen and oxygen atoms in total. The van der Waals surface area contributed by atoms with E-state index >= 15 is 0 Å². The van der Waals surface area contributed by atoms with E-state index in [-0.39, 0.29) is 0 Å². The zero-order valence-electron chi connectivity index (χ0n) is 20.8. The first-order chi connectivity index (χ1) is 14.5. The minimum absolute atomic E-state index is 0.293. The largest absolute Gasteiger partial charge is 0.402 e. The van der Waals surface area contributed by atoms with Gasteiger partial charge in [0.25, 0.3) is 0 Å². The van der Waals surface area contributed by atoms with Crippen molar-refractivity contribution in [3.05, 3.63) is 46.7 Å². The van der Waals surface area contributed by atoms with Crippen molar-refractivity contribution in [3.8, 4) is 0 Å². The molecule has 7 heteroatoms. The van der Waals surface area contributed by atoms with Gasteiger partial charge in [-0.15, -0.1) is 0 Å². The van der Waals surface area contributed by atoms with Crippen LogP contribution in [-0.4, -0.2) is 43.8 Å². The molecule has 0 amide bonds. The lowest BCUT2D eigenvalue weighted by Crippen LogP contribution is -2.30. The fraction of sp³-hybridized carbons (Fsp3) is 0.625. The van der Waals surface area contributed by atoms with E-state index in [9.17, 15) is 0 Å². The lowest BCUT2D eigenvalue weighted by atomic mass is 10.1. The van der Waals surface area contributed by atoms with Gasteiger partial charge in [0, 0.05) is 46.5 Å². The van der Waals surface area contributed by atoms with E-state index < -0.39 is 0 Å². The van der Waals surface area contributed by atoms with E-state index in [4.69, 9.17) is 15.9 Å². The number of nitrogens with zero attached hydrogens (tertiary/aromatic N) is 6.